The summed E-state index contributed by atoms with van der Waals surface area (Å²) in [5, 5.41) is 6.04. The third kappa shape index (κ3) is 3.42. The number of amides is 1. The van der Waals surface area contributed by atoms with E-state index < -0.39 is 0 Å². The molecule has 0 aromatic carbocycles. The van der Waals surface area contributed by atoms with Crippen molar-refractivity contribution in [1.29, 1.82) is 0 Å². The lowest BCUT2D eigenvalue weighted by Gasteiger charge is -2.10. The van der Waals surface area contributed by atoms with Gasteiger partial charge in [-0.05, 0) is 24.7 Å². The second-order valence-electron chi connectivity index (χ2n) is 5.21. The summed E-state index contributed by atoms with van der Waals surface area (Å²) in [6.07, 6.45) is 6.53. The fraction of sp³-hybridized carbons (Fsp3) is 0.615. The Morgan fingerprint density at radius 3 is 2.89 bits per heavy atom. The average Bonchev–Trinajstić information content (AvgIpc) is 3.12. The van der Waals surface area contributed by atoms with Gasteiger partial charge in [0.2, 0.25) is 0 Å². The zero-order valence-corrected chi connectivity index (χ0v) is 11.0. The van der Waals surface area contributed by atoms with E-state index in [1.54, 1.807) is 6.20 Å². The van der Waals surface area contributed by atoms with E-state index in [1.165, 1.54) is 19.0 Å². The molecule has 1 aliphatic carbocycles. The SMILES string of the molecule is CCCNc1cncc(C(=O)NCC2(C)CC2)n1. The summed E-state index contributed by atoms with van der Waals surface area (Å²) in [5.74, 6) is 0.512. The van der Waals surface area contributed by atoms with Crippen molar-refractivity contribution in [1.82, 2.24) is 15.3 Å². The quantitative estimate of drug-likeness (QED) is 0.806. The molecule has 0 unspecified atom stereocenters. The molecule has 5 nitrogen and oxygen atoms in total. The van der Waals surface area contributed by atoms with Crippen LogP contribution in [0.1, 0.15) is 43.6 Å². The molecule has 1 aromatic heterocycles. The smallest absolute Gasteiger partial charge is 0.271 e. The number of carbonyl (C=O) groups is 1. The van der Waals surface area contributed by atoms with Crippen LogP contribution in [-0.2, 0) is 0 Å². The molecule has 0 atom stereocenters. The van der Waals surface area contributed by atoms with Gasteiger partial charge in [-0.15, -0.1) is 0 Å². The van der Waals surface area contributed by atoms with Crippen LogP contribution in [0.3, 0.4) is 0 Å². The summed E-state index contributed by atoms with van der Waals surface area (Å²) in [7, 11) is 0. The summed E-state index contributed by atoms with van der Waals surface area (Å²) in [5.41, 5.74) is 0.682. The molecule has 0 radical (unpaired) electrons. The highest BCUT2D eigenvalue weighted by molar-refractivity contribution is 5.92. The summed E-state index contributed by atoms with van der Waals surface area (Å²) >= 11 is 0. The lowest BCUT2D eigenvalue weighted by molar-refractivity contribution is 0.0941. The molecule has 98 valence electrons. The third-order valence-electron chi connectivity index (χ3n) is 3.20. The highest BCUT2D eigenvalue weighted by atomic mass is 16.1. The van der Waals surface area contributed by atoms with Gasteiger partial charge in [-0.2, -0.15) is 0 Å². The molecule has 5 heteroatoms. The van der Waals surface area contributed by atoms with Crippen LogP contribution < -0.4 is 10.6 Å². The number of anilines is 1. The van der Waals surface area contributed by atoms with Gasteiger partial charge in [0.15, 0.2) is 0 Å². The van der Waals surface area contributed by atoms with Gasteiger partial charge in [0.1, 0.15) is 11.5 Å². The van der Waals surface area contributed by atoms with E-state index in [0.29, 0.717) is 16.9 Å². The van der Waals surface area contributed by atoms with E-state index in [-0.39, 0.29) is 5.91 Å². The lowest BCUT2D eigenvalue weighted by atomic mass is 10.1. The number of rotatable bonds is 6. The number of carbonyl (C=O) groups excluding carboxylic acids is 1. The maximum atomic E-state index is 11.9. The van der Waals surface area contributed by atoms with Crippen molar-refractivity contribution in [3.05, 3.63) is 18.1 Å². The Hall–Kier alpha value is -1.65. The number of nitrogens with zero attached hydrogens (tertiary/aromatic N) is 2. The molecule has 1 amide bonds. The lowest BCUT2D eigenvalue weighted by Crippen LogP contribution is -2.29. The molecule has 0 saturated heterocycles. The van der Waals surface area contributed by atoms with E-state index >= 15 is 0 Å². The van der Waals surface area contributed by atoms with E-state index in [2.05, 4.69) is 34.4 Å². The predicted molar refractivity (Wildman–Crippen MR) is 70.5 cm³/mol. The van der Waals surface area contributed by atoms with Crippen molar-refractivity contribution in [2.75, 3.05) is 18.4 Å². The maximum Gasteiger partial charge on any atom is 0.271 e. The molecule has 1 fully saturated rings. The van der Waals surface area contributed by atoms with Crippen LogP contribution in [-0.4, -0.2) is 29.0 Å². The van der Waals surface area contributed by atoms with Gasteiger partial charge in [0.25, 0.3) is 5.91 Å². The molecular formula is C13H20N4O. The van der Waals surface area contributed by atoms with Crippen molar-refractivity contribution >= 4 is 11.7 Å². The normalized spacial score (nSPS) is 16.1. The van der Waals surface area contributed by atoms with Gasteiger partial charge in [0.05, 0.1) is 12.4 Å². The Balaban J connectivity index is 1.92. The molecule has 18 heavy (non-hydrogen) atoms. The van der Waals surface area contributed by atoms with Crippen molar-refractivity contribution < 1.29 is 4.79 Å². The van der Waals surface area contributed by atoms with Crippen LogP contribution in [0.5, 0.6) is 0 Å². The highest BCUT2D eigenvalue weighted by Crippen LogP contribution is 2.44. The van der Waals surface area contributed by atoms with Gasteiger partial charge in [-0.3, -0.25) is 9.78 Å². The van der Waals surface area contributed by atoms with E-state index in [1.807, 2.05) is 0 Å². The minimum Gasteiger partial charge on any atom is -0.369 e. The summed E-state index contributed by atoms with van der Waals surface area (Å²) in [6, 6.07) is 0. The molecule has 1 heterocycles. The van der Waals surface area contributed by atoms with Gasteiger partial charge < -0.3 is 10.6 Å². The first-order valence-corrected chi connectivity index (χ1v) is 6.47. The number of hydrogen-bond donors (Lipinski definition) is 2. The molecule has 1 saturated carbocycles. The van der Waals surface area contributed by atoms with Crippen LogP contribution in [0.25, 0.3) is 0 Å². The monoisotopic (exact) mass is 248 g/mol. The van der Waals surface area contributed by atoms with Gasteiger partial charge in [-0.1, -0.05) is 13.8 Å². The van der Waals surface area contributed by atoms with Crippen LogP contribution >= 0.6 is 0 Å². The molecule has 1 aromatic rings. The second kappa shape index (κ2) is 5.33. The zero-order chi connectivity index (χ0) is 13.0. The van der Waals surface area contributed by atoms with Crippen LogP contribution in [0.2, 0.25) is 0 Å². The standard InChI is InChI=1S/C13H20N4O/c1-3-6-15-11-8-14-7-10(17-11)12(18)16-9-13(2)4-5-13/h7-8H,3-6,9H2,1-2H3,(H,15,17)(H,16,18). The van der Waals surface area contributed by atoms with Crippen molar-refractivity contribution in [2.45, 2.75) is 33.1 Å². The van der Waals surface area contributed by atoms with Crippen molar-refractivity contribution in [2.24, 2.45) is 5.41 Å². The number of aromatic nitrogens is 2. The molecular weight excluding hydrogens is 228 g/mol. The van der Waals surface area contributed by atoms with Crippen molar-refractivity contribution in [3.63, 3.8) is 0 Å². The van der Waals surface area contributed by atoms with Crippen molar-refractivity contribution in [3.8, 4) is 0 Å². The van der Waals surface area contributed by atoms with Gasteiger partial charge in [0, 0.05) is 13.1 Å². The van der Waals surface area contributed by atoms with Crippen LogP contribution in [0.4, 0.5) is 5.82 Å². The number of nitrogens with one attached hydrogen (secondary N) is 2. The molecule has 1 aliphatic rings. The largest absolute Gasteiger partial charge is 0.369 e. The molecule has 0 aliphatic heterocycles. The first kappa shape index (κ1) is 12.8. The minimum absolute atomic E-state index is 0.143. The fourth-order valence-corrected chi connectivity index (χ4v) is 1.59. The molecule has 2 rings (SSSR count). The maximum absolute atomic E-state index is 11.9. The Bertz CT molecular complexity index is 429. The van der Waals surface area contributed by atoms with Crippen LogP contribution in [0.15, 0.2) is 12.4 Å². The zero-order valence-electron chi connectivity index (χ0n) is 11.0. The third-order valence-corrected chi connectivity index (χ3v) is 3.20. The Morgan fingerprint density at radius 2 is 2.22 bits per heavy atom. The Labute approximate surface area is 107 Å². The number of hydrogen-bond acceptors (Lipinski definition) is 4. The van der Waals surface area contributed by atoms with Crippen LogP contribution in [0, 0.1) is 5.41 Å². The first-order chi connectivity index (χ1) is 8.63. The average molecular weight is 248 g/mol. The molecule has 0 spiro atoms. The van der Waals surface area contributed by atoms with Gasteiger partial charge >= 0.3 is 0 Å². The van der Waals surface area contributed by atoms with E-state index in [9.17, 15) is 4.79 Å². The highest BCUT2D eigenvalue weighted by Gasteiger charge is 2.37. The summed E-state index contributed by atoms with van der Waals surface area (Å²) in [6.45, 7) is 5.81. The fourth-order valence-electron chi connectivity index (χ4n) is 1.59. The van der Waals surface area contributed by atoms with E-state index in [0.717, 1.165) is 19.5 Å². The van der Waals surface area contributed by atoms with E-state index in [4.69, 9.17) is 0 Å². The topological polar surface area (TPSA) is 66.9 Å². The first-order valence-electron chi connectivity index (χ1n) is 6.47. The van der Waals surface area contributed by atoms with Gasteiger partial charge in [-0.25, -0.2) is 4.98 Å². The molecule has 0 bridgehead atoms. The minimum atomic E-state index is -0.143. The molecule has 2 N–H and O–H groups in total. The summed E-state index contributed by atoms with van der Waals surface area (Å²) in [4.78, 5) is 20.2. The predicted octanol–water partition coefficient (Wildman–Crippen LogP) is 1.83. The second-order valence-corrected chi connectivity index (χ2v) is 5.21. The Kier molecular flexibility index (Phi) is 3.79. The Morgan fingerprint density at radius 1 is 1.44 bits per heavy atom. The summed E-state index contributed by atoms with van der Waals surface area (Å²) < 4.78 is 0.